The number of amides is 2. The summed E-state index contributed by atoms with van der Waals surface area (Å²) in [6.45, 7) is 9.83. The molecular formula is C42H59N5O5. The predicted molar refractivity (Wildman–Crippen MR) is 204 cm³/mol. The molecule has 0 unspecified atom stereocenters. The molecule has 3 aromatic rings. The number of hydrogen-bond donors (Lipinski definition) is 2. The average Bonchev–Trinajstić information content (AvgIpc) is 3.69. The number of carbonyl (C=O) groups excluding carboxylic acids is 2. The van der Waals surface area contributed by atoms with Crippen molar-refractivity contribution < 1.29 is 24.2 Å². The zero-order valence-electron chi connectivity index (χ0n) is 32.0. The van der Waals surface area contributed by atoms with Gasteiger partial charge in [0.2, 0.25) is 5.91 Å². The first-order valence-corrected chi connectivity index (χ1v) is 19.6. The van der Waals surface area contributed by atoms with Crippen molar-refractivity contribution in [1.82, 2.24) is 20.1 Å². The number of nitrogens with zero attached hydrogens (tertiary/aromatic N) is 4. The minimum atomic E-state index is -0.457. The van der Waals surface area contributed by atoms with E-state index in [2.05, 4.69) is 68.2 Å². The van der Waals surface area contributed by atoms with Gasteiger partial charge < -0.3 is 19.9 Å². The largest absolute Gasteiger partial charge is 0.496 e. The lowest BCUT2D eigenvalue weighted by Crippen LogP contribution is -2.52. The van der Waals surface area contributed by atoms with Crippen molar-refractivity contribution in [1.29, 1.82) is 0 Å². The number of hydrogen-bond acceptors (Lipinski definition) is 7. The normalized spacial score (nSPS) is 24.3. The van der Waals surface area contributed by atoms with Gasteiger partial charge in [0, 0.05) is 43.6 Å². The highest BCUT2D eigenvalue weighted by molar-refractivity contribution is 5.95. The van der Waals surface area contributed by atoms with Crippen LogP contribution in [0.1, 0.15) is 115 Å². The summed E-state index contributed by atoms with van der Waals surface area (Å²) in [5.74, 6) is 1.60. The first kappa shape index (κ1) is 37.8. The van der Waals surface area contributed by atoms with Gasteiger partial charge in [-0.2, -0.15) is 5.10 Å². The number of methoxy groups -OCH3 is 1. The number of anilines is 1. The number of nitrogens with one attached hydrogen (secondary N) is 1. The third-order valence-corrected chi connectivity index (χ3v) is 13.1. The van der Waals surface area contributed by atoms with Crippen molar-refractivity contribution >= 4 is 17.8 Å². The monoisotopic (exact) mass is 713 g/mol. The molecule has 4 aliphatic rings. The predicted octanol–water partition coefficient (Wildman–Crippen LogP) is 8.09. The molecule has 0 radical (unpaired) electrons. The van der Waals surface area contributed by atoms with Crippen LogP contribution in [0, 0.1) is 18.3 Å². The van der Waals surface area contributed by atoms with Gasteiger partial charge in [0.15, 0.2) is 0 Å². The Morgan fingerprint density at radius 1 is 1.02 bits per heavy atom. The summed E-state index contributed by atoms with van der Waals surface area (Å²) in [7, 11) is 1.73. The lowest BCUT2D eigenvalue weighted by Gasteiger charge is -2.55. The fourth-order valence-corrected chi connectivity index (χ4v) is 8.95. The number of fused-ring (bicyclic) bond motifs is 3. The molecule has 0 saturated heterocycles. The highest BCUT2D eigenvalue weighted by Crippen LogP contribution is 2.58. The van der Waals surface area contributed by atoms with E-state index in [9.17, 15) is 9.59 Å². The van der Waals surface area contributed by atoms with Crippen LogP contribution in [-0.2, 0) is 20.5 Å². The lowest BCUT2D eigenvalue weighted by molar-refractivity contribution is -0.124. The average molecular weight is 714 g/mol. The number of ether oxygens (including phenoxy) is 2. The van der Waals surface area contributed by atoms with Gasteiger partial charge in [-0.15, -0.1) is 0 Å². The van der Waals surface area contributed by atoms with Crippen molar-refractivity contribution in [3.05, 3.63) is 60.0 Å². The van der Waals surface area contributed by atoms with Crippen molar-refractivity contribution in [2.24, 2.45) is 11.3 Å². The molecule has 52 heavy (non-hydrogen) atoms. The number of pyridine rings is 1. The smallest absolute Gasteiger partial charge is 0.407 e. The number of aliphatic hydroxyl groups is 1. The highest BCUT2D eigenvalue weighted by atomic mass is 16.6. The van der Waals surface area contributed by atoms with Crippen LogP contribution in [0.5, 0.6) is 5.75 Å². The fraction of sp³-hybridized carbons (Fsp3) is 0.619. The number of benzene rings is 1. The van der Waals surface area contributed by atoms with Crippen molar-refractivity contribution in [2.75, 3.05) is 31.7 Å². The van der Waals surface area contributed by atoms with Gasteiger partial charge in [0.05, 0.1) is 18.8 Å². The molecule has 0 atom stereocenters. The molecule has 2 heterocycles. The number of carbonyl (C=O) groups is 2. The lowest BCUT2D eigenvalue weighted by atomic mass is 9.51. The van der Waals surface area contributed by atoms with E-state index < -0.39 is 6.09 Å². The van der Waals surface area contributed by atoms with Crippen molar-refractivity contribution in [2.45, 2.75) is 128 Å². The topological polar surface area (TPSA) is 119 Å². The molecule has 0 spiro atoms. The second-order valence-electron chi connectivity index (χ2n) is 16.1. The molecule has 1 aromatic carbocycles. The summed E-state index contributed by atoms with van der Waals surface area (Å²) in [6.07, 6.45) is 16.9. The molecule has 4 aliphatic carbocycles. The van der Waals surface area contributed by atoms with Crippen LogP contribution < -0.4 is 15.0 Å². The Bertz CT molecular complexity index is 1670. The van der Waals surface area contributed by atoms with Gasteiger partial charge in [0.25, 0.3) is 0 Å². The van der Waals surface area contributed by atoms with Gasteiger partial charge in [-0.05, 0) is 143 Å². The first-order valence-electron chi connectivity index (χ1n) is 19.6. The minimum absolute atomic E-state index is 0.0209. The van der Waals surface area contributed by atoms with E-state index in [1.54, 1.807) is 7.11 Å². The standard InChI is InChI=1S/C42H59N5O5/c1-6-40(4,7-2)47-28-33(27-45-47)32-15-23-43-37(26-32)46(38(49)31-9-12-35(13-10-31)52-39(50)44-22-8-24-48)29-41-16-19-42(20-17-41,21-18-41)34-11-14-36(51-5)30(3)25-34/h11,14-15,23,25-28,31,35,48H,6-10,12-13,16-22,24,29H2,1-5H3,(H,44,50)/t31-,35-,41?,42?. The Kier molecular flexibility index (Phi) is 11.6. The first-order chi connectivity index (χ1) is 25.1. The Hall–Kier alpha value is -3.92. The highest BCUT2D eigenvalue weighted by Gasteiger charge is 2.51. The summed E-state index contributed by atoms with van der Waals surface area (Å²) in [5.41, 5.74) is 4.80. The molecule has 10 heteroatoms. The Morgan fingerprint density at radius 3 is 2.37 bits per heavy atom. The summed E-state index contributed by atoms with van der Waals surface area (Å²) in [5, 5.41) is 16.5. The third-order valence-electron chi connectivity index (χ3n) is 13.1. The maximum absolute atomic E-state index is 14.7. The second kappa shape index (κ2) is 16.0. The molecule has 0 aliphatic heterocycles. The number of aromatic nitrogens is 3. The van der Waals surface area contributed by atoms with Crippen LogP contribution in [0.15, 0.2) is 48.9 Å². The van der Waals surface area contributed by atoms with Crippen LogP contribution in [0.2, 0.25) is 0 Å². The molecule has 2 aromatic heterocycles. The van der Waals surface area contributed by atoms with Gasteiger partial charge >= 0.3 is 6.09 Å². The Balaban J connectivity index is 1.22. The number of aryl methyl sites for hydroxylation is 1. The van der Waals surface area contributed by atoms with Crippen LogP contribution in [0.25, 0.3) is 11.1 Å². The van der Waals surface area contributed by atoms with E-state index in [4.69, 9.17) is 24.7 Å². The SMILES string of the molecule is CCC(C)(CC)n1cc(-c2ccnc(N(CC34CCC(c5ccc(OC)c(C)c5)(CC3)CC4)C(=O)[C@H]3CC[C@H](OC(=O)NCCCO)CC3)c2)cn1. The summed E-state index contributed by atoms with van der Waals surface area (Å²) >= 11 is 0. The van der Waals surface area contributed by atoms with Crippen LogP contribution in [-0.4, -0.2) is 64.8 Å². The van der Waals surface area contributed by atoms with Gasteiger partial charge in [-0.1, -0.05) is 26.0 Å². The zero-order valence-corrected chi connectivity index (χ0v) is 32.0. The van der Waals surface area contributed by atoms with Crippen LogP contribution in [0.3, 0.4) is 0 Å². The van der Waals surface area contributed by atoms with E-state index in [1.165, 1.54) is 11.1 Å². The van der Waals surface area contributed by atoms with Crippen LogP contribution >= 0.6 is 0 Å². The van der Waals surface area contributed by atoms with Gasteiger partial charge in [-0.3, -0.25) is 14.4 Å². The Morgan fingerprint density at radius 2 is 1.73 bits per heavy atom. The van der Waals surface area contributed by atoms with Gasteiger partial charge in [-0.25, -0.2) is 9.78 Å². The molecule has 10 nitrogen and oxygen atoms in total. The molecular weight excluding hydrogens is 654 g/mol. The van der Waals surface area contributed by atoms with E-state index in [0.29, 0.717) is 51.0 Å². The third kappa shape index (κ3) is 7.87. The van der Waals surface area contributed by atoms with E-state index in [-0.39, 0.29) is 40.9 Å². The molecule has 4 saturated carbocycles. The maximum atomic E-state index is 14.7. The maximum Gasteiger partial charge on any atom is 0.407 e. The van der Waals surface area contributed by atoms with E-state index in [1.807, 2.05) is 23.4 Å². The van der Waals surface area contributed by atoms with E-state index >= 15 is 0 Å². The van der Waals surface area contributed by atoms with Crippen molar-refractivity contribution in [3.8, 4) is 16.9 Å². The van der Waals surface area contributed by atoms with Crippen LogP contribution in [0.4, 0.5) is 10.6 Å². The summed E-state index contributed by atoms with van der Waals surface area (Å²) in [6, 6.07) is 10.8. The Labute approximate surface area is 309 Å². The van der Waals surface area contributed by atoms with Crippen molar-refractivity contribution in [3.63, 3.8) is 0 Å². The fourth-order valence-electron chi connectivity index (χ4n) is 8.95. The molecule has 2 bridgehead atoms. The molecule has 7 rings (SSSR count). The quantitative estimate of drug-likeness (QED) is 0.162. The zero-order chi connectivity index (χ0) is 36.9. The number of rotatable bonds is 14. The molecule has 2 amide bonds. The minimum Gasteiger partial charge on any atom is -0.496 e. The summed E-state index contributed by atoms with van der Waals surface area (Å²) < 4.78 is 13.3. The molecule has 4 fully saturated rings. The molecule has 2 N–H and O–H groups in total. The summed E-state index contributed by atoms with van der Waals surface area (Å²) in [4.78, 5) is 33.9. The second-order valence-corrected chi connectivity index (χ2v) is 16.1. The number of aliphatic hydroxyl groups excluding tert-OH is 1. The number of alkyl carbamates (subject to hydrolysis) is 1. The van der Waals surface area contributed by atoms with E-state index in [0.717, 1.165) is 68.2 Å². The van der Waals surface area contributed by atoms with Gasteiger partial charge in [0.1, 0.15) is 17.7 Å². The molecule has 282 valence electrons.